The Kier molecular flexibility index (Phi) is 8.74. The zero-order chi connectivity index (χ0) is 15.7. The van der Waals surface area contributed by atoms with Gasteiger partial charge in [0.05, 0.1) is 16.8 Å². The summed E-state index contributed by atoms with van der Waals surface area (Å²) in [5.41, 5.74) is 1.10. The van der Waals surface area contributed by atoms with Crippen LogP contribution in [0.4, 0.5) is 0 Å². The number of thiazole rings is 1. The fraction of sp³-hybridized carbons (Fsp3) is 0.583. The van der Waals surface area contributed by atoms with Gasteiger partial charge in [0.15, 0.2) is 0 Å². The molecule has 0 atom stereocenters. The summed E-state index contributed by atoms with van der Waals surface area (Å²) in [5.74, 6) is 1.76. The van der Waals surface area contributed by atoms with Crippen molar-refractivity contribution in [3.63, 3.8) is 0 Å². The monoisotopic (exact) mass is 348 g/mol. The molecule has 0 bridgehead atoms. The van der Waals surface area contributed by atoms with Gasteiger partial charge in [-0.25, -0.2) is 4.98 Å². The number of thioether (sulfide) groups is 2. The predicted molar refractivity (Wildman–Crippen MR) is 92.3 cm³/mol. The Morgan fingerprint density at radius 1 is 1.62 bits per heavy atom. The van der Waals surface area contributed by atoms with Crippen LogP contribution in [0.15, 0.2) is 16.6 Å². The van der Waals surface area contributed by atoms with Crippen LogP contribution in [-0.2, 0) is 12.3 Å². The molecule has 0 aliphatic carbocycles. The van der Waals surface area contributed by atoms with E-state index < -0.39 is 0 Å². The van der Waals surface area contributed by atoms with E-state index in [1.807, 2.05) is 14.1 Å². The first kappa shape index (κ1) is 18.3. The zero-order valence-electron chi connectivity index (χ0n) is 12.4. The molecule has 0 amide bonds. The minimum Gasteiger partial charge on any atom is -0.384 e. The predicted octanol–water partition coefficient (Wildman–Crippen LogP) is 2.47. The summed E-state index contributed by atoms with van der Waals surface area (Å²) < 4.78 is 0. The number of nitrogens with zero attached hydrogens (tertiary/aromatic N) is 3. The quantitative estimate of drug-likeness (QED) is 0.395. The van der Waals surface area contributed by atoms with Crippen molar-refractivity contribution >= 4 is 34.9 Å². The number of nitro groups is 1. The highest BCUT2D eigenvalue weighted by Gasteiger charge is 2.07. The van der Waals surface area contributed by atoms with E-state index in [9.17, 15) is 10.1 Å². The highest BCUT2D eigenvalue weighted by atomic mass is 32.2. The largest absolute Gasteiger partial charge is 0.384 e. The second-order valence-corrected chi connectivity index (χ2v) is 7.30. The summed E-state index contributed by atoms with van der Waals surface area (Å²) >= 11 is 4.58. The van der Waals surface area contributed by atoms with Crippen LogP contribution < -0.4 is 5.32 Å². The van der Waals surface area contributed by atoms with Gasteiger partial charge in [0.2, 0.25) is 0 Å². The topological polar surface area (TPSA) is 71.3 Å². The van der Waals surface area contributed by atoms with Gasteiger partial charge in [0, 0.05) is 30.0 Å². The van der Waals surface area contributed by atoms with Crippen LogP contribution >= 0.6 is 34.9 Å². The third-order valence-corrected chi connectivity index (χ3v) is 4.87. The molecule has 118 valence electrons. The molecule has 0 saturated heterocycles. The summed E-state index contributed by atoms with van der Waals surface area (Å²) in [6, 6.07) is 0. The average Bonchev–Trinajstić information content (AvgIpc) is 2.84. The number of aromatic nitrogens is 1. The van der Waals surface area contributed by atoms with E-state index in [1.165, 1.54) is 6.20 Å². The molecule has 0 aliphatic heterocycles. The van der Waals surface area contributed by atoms with Gasteiger partial charge in [-0.3, -0.25) is 10.1 Å². The molecule has 0 fully saturated rings. The van der Waals surface area contributed by atoms with Gasteiger partial charge >= 0.3 is 5.03 Å². The van der Waals surface area contributed by atoms with Gasteiger partial charge in [-0.2, -0.15) is 11.8 Å². The van der Waals surface area contributed by atoms with Crippen LogP contribution in [0.2, 0.25) is 0 Å². The molecule has 0 unspecified atom stereocenters. The fourth-order valence-electron chi connectivity index (χ4n) is 1.41. The summed E-state index contributed by atoms with van der Waals surface area (Å²) in [5, 5.41) is 16.9. The molecular formula is C12H20N4O2S3. The minimum atomic E-state index is -0.383. The highest BCUT2D eigenvalue weighted by Crippen LogP contribution is 2.16. The smallest absolute Gasteiger partial charge is 0.318 e. The maximum atomic E-state index is 10.6. The van der Waals surface area contributed by atoms with Gasteiger partial charge in [-0.15, -0.1) is 11.3 Å². The summed E-state index contributed by atoms with van der Waals surface area (Å²) in [7, 11) is 4.06. The molecule has 1 N–H and O–H groups in total. The first-order valence-electron chi connectivity index (χ1n) is 6.30. The Bertz CT molecular complexity index is 477. The second-order valence-electron chi connectivity index (χ2n) is 4.42. The van der Waals surface area contributed by atoms with Crippen molar-refractivity contribution in [3.8, 4) is 0 Å². The van der Waals surface area contributed by atoms with Gasteiger partial charge in [0.1, 0.15) is 5.01 Å². The first-order chi connectivity index (χ1) is 10.0. The van der Waals surface area contributed by atoms with Crippen LogP contribution in [0.5, 0.6) is 0 Å². The van der Waals surface area contributed by atoms with Crippen LogP contribution in [0.3, 0.4) is 0 Å². The Morgan fingerprint density at radius 3 is 3.00 bits per heavy atom. The molecule has 1 heterocycles. The molecule has 9 heteroatoms. The fourth-order valence-corrected chi connectivity index (χ4v) is 3.54. The summed E-state index contributed by atoms with van der Waals surface area (Å²) in [6.45, 7) is 1.58. The van der Waals surface area contributed by atoms with Gasteiger partial charge < -0.3 is 10.2 Å². The summed E-state index contributed by atoms with van der Waals surface area (Å²) in [6.07, 6.45) is 3.15. The van der Waals surface area contributed by atoms with E-state index in [4.69, 9.17) is 0 Å². The Morgan fingerprint density at radius 2 is 2.38 bits per heavy atom. The van der Waals surface area contributed by atoms with Crippen molar-refractivity contribution < 1.29 is 4.92 Å². The zero-order valence-corrected chi connectivity index (χ0v) is 14.8. The highest BCUT2D eigenvalue weighted by molar-refractivity contribution is 8.02. The molecular weight excluding hydrogens is 328 g/mol. The lowest BCUT2D eigenvalue weighted by Gasteiger charge is -2.05. The van der Waals surface area contributed by atoms with E-state index in [0.717, 1.165) is 40.5 Å². The van der Waals surface area contributed by atoms with Gasteiger partial charge in [-0.1, -0.05) is 11.8 Å². The molecule has 1 aromatic rings. The SMILES string of the molecule is CSC(=CNCCSCc1csc(CN(C)C)n1)[N+](=O)[O-]. The van der Waals surface area contributed by atoms with Crippen molar-refractivity contribution in [1.82, 2.24) is 15.2 Å². The molecule has 1 rings (SSSR count). The maximum Gasteiger partial charge on any atom is 0.318 e. The normalized spacial score (nSPS) is 11.9. The van der Waals surface area contributed by atoms with Crippen LogP contribution in [0.25, 0.3) is 0 Å². The number of nitrogens with one attached hydrogen (secondary N) is 1. The van der Waals surface area contributed by atoms with Crippen LogP contribution in [-0.4, -0.2) is 47.5 Å². The Balaban J connectivity index is 2.19. The lowest BCUT2D eigenvalue weighted by Crippen LogP contribution is -2.12. The molecule has 0 aromatic carbocycles. The molecule has 0 saturated carbocycles. The number of hydrogen-bond acceptors (Lipinski definition) is 8. The van der Waals surface area contributed by atoms with Crippen molar-refractivity contribution in [3.05, 3.63) is 37.4 Å². The number of rotatable bonds is 10. The maximum absolute atomic E-state index is 10.6. The standard InChI is InChI=1S/C12H20N4O2S3/c1-15(2)7-11-14-10(9-21-11)8-20-5-4-13-6-12(19-3)16(17)18/h6,9,13H,4-5,7-8H2,1-3H3. The number of hydrogen-bond donors (Lipinski definition) is 1. The first-order valence-corrected chi connectivity index (χ1v) is 9.56. The van der Waals surface area contributed by atoms with Crippen molar-refractivity contribution in [1.29, 1.82) is 0 Å². The Hall–Kier alpha value is -0.770. The van der Waals surface area contributed by atoms with E-state index in [2.05, 4.69) is 20.6 Å². The van der Waals surface area contributed by atoms with Gasteiger partial charge in [0.25, 0.3) is 0 Å². The summed E-state index contributed by atoms with van der Waals surface area (Å²) in [4.78, 5) is 16.9. The molecule has 0 aliphatic rings. The molecule has 0 radical (unpaired) electrons. The minimum absolute atomic E-state index is 0.132. The molecule has 6 nitrogen and oxygen atoms in total. The van der Waals surface area contributed by atoms with E-state index in [0.29, 0.717) is 6.54 Å². The molecule has 1 aromatic heterocycles. The second kappa shape index (κ2) is 10.0. The lowest BCUT2D eigenvalue weighted by atomic mass is 10.5. The third kappa shape index (κ3) is 7.70. The third-order valence-electron chi connectivity index (χ3n) is 2.31. The van der Waals surface area contributed by atoms with Crippen molar-refractivity contribution in [2.24, 2.45) is 0 Å². The van der Waals surface area contributed by atoms with Crippen LogP contribution in [0.1, 0.15) is 10.7 Å². The Labute approximate surface area is 137 Å². The lowest BCUT2D eigenvalue weighted by molar-refractivity contribution is -0.410. The van der Waals surface area contributed by atoms with E-state index in [1.54, 1.807) is 29.4 Å². The average molecular weight is 349 g/mol. The van der Waals surface area contributed by atoms with Gasteiger partial charge in [-0.05, 0) is 20.4 Å². The molecule has 0 spiro atoms. The van der Waals surface area contributed by atoms with Crippen molar-refractivity contribution in [2.75, 3.05) is 32.6 Å². The van der Waals surface area contributed by atoms with E-state index >= 15 is 0 Å². The van der Waals surface area contributed by atoms with Crippen molar-refractivity contribution in [2.45, 2.75) is 12.3 Å². The van der Waals surface area contributed by atoms with E-state index in [-0.39, 0.29) is 9.95 Å². The molecule has 21 heavy (non-hydrogen) atoms. The van der Waals surface area contributed by atoms with Crippen LogP contribution in [0, 0.1) is 10.1 Å².